The van der Waals surface area contributed by atoms with Crippen LogP contribution in [0.15, 0.2) is 54.6 Å². The molecule has 0 atom stereocenters. The Morgan fingerprint density at radius 1 is 1.07 bits per heavy atom. The number of nitrogens with zero attached hydrogens (tertiary/aromatic N) is 2. The van der Waals surface area contributed by atoms with Crippen LogP contribution in [0.2, 0.25) is 0 Å². The topological polar surface area (TPSA) is 79.9 Å². The second kappa shape index (κ2) is 7.51. The Labute approximate surface area is 154 Å². The first-order valence-corrected chi connectivity index (χ1v) is 8.51. The summed E-state index contributed by atoms with van der Waals surface area (Å²) in [6, 6.07) is 16.0. The van der Waals surface area contributed by atoms with E-state index in [0.717, 1.165) is 16.6 Å². The maximum absolute atomic E-state index is 13.2. The summed E-state index contributed by atoms with van der Waals surface area (Å²) in [5, 5.41) is 3.83. The molecular formula is C20H17FN4O2. The Morgan fingerprint density at radius 3 is 2.89 bits per heavy atom. The number of fused-ring (bicyclic) bond motifs is 2. The van der Waals surface area contributed by atoms with E-state index in [1.807, 2.05) is 36.4 Å². The van der Waals surface area contributed by atoms with Crippen molar-refractivity contribution in [2.24, 2.45) is 0 Å². The van der Waals surface area contributed by atoms with Crippen molar-refractivity contribution in [2.45, 2.75) is 13.2 Å². The fraction of sp³-hybridized carbons (Fsp3) is 0.150. The number of nitrogens with one attached hydrogen (secondary N) is 2. The van der Waals surface area contributed by atoms with Gasteiger partial charge in [-0.05, 0) is 30.3 Å². The molecule has 4 aromatic rings. The van der Waals surface area contributed by atoms with E-state index in [0.29, 0.717) is 23.4 Å². The monoisotopic (exact) mass is 364 g/mol. The highest BCUT2D eigenvalue weighted by molar-refractivity contribution is 5.79. The average Bonchev–Trinajstić information content (AvgIpc) is 3.08. The minimum Gasteiger partial charge on any atom is -0.364 e. The number of ether oxygens (including phenoxy) is 1. The van der Waals surface area contributed by atoms with E-state index in [1.165, 1.54) is 12.1 Å². The molecule has 0 aliphatic rings. The van der Waals surface area contributed by atoms with E-state index in [9.17, 15) is 9.18 Å². The van der Waals surface area contributed by atoms with Gasteiger partial charge in [0.05, 0.1) is 28.8 Å². The van der Waals surface area contributed by atoms with E-state index >= 15 is 0 Å². The summed E-state index contributed by atoms with van der Waals surface area (Å²) in [4.78, 5) is 23.7. The summed E-state index contributed by atoms with van der Waals surface area (Å²) in [6.45, 7) is 0.369. The molecule has 0 saturated carbocycles. The third-order valence-corrected chi connectivity index (χ3v) is 4.09. The Kier molecular flexibility index (Phi) is 4.76. The first kappa shape index (κ1) is 17.1. The number of pyridine rings is 1. The highest BCUT2D eigenvalue weighted by Gasteiger charge is 2.07. The molecule has 6 nitrogen and oxygen atoms in total. The predicted octanol–water partition coefficient (Wildman–Crippen LogP) is 3.08. The van der Waals surface area contributed by atoms with Gasteiger partial charge in [-0.25, -0.2) is 9.37 Å². The minimum atomic E-state index is -0.333. The van der Waals surface area contributed by atoms with Crippen molar-refractivity contribution in [2.75, 3.05) is 6.61 Å². The molecule has 0 aliphatic carbocycles. The molecule has 0 bridgehead atoms. The normalized spacial score (nSPS) is 11.1. The van der Waals surface area contributed by atoms with Crippen LogP contribution in [-0.2, 0) is 22.7 Å². The lowest BCUT2D eigenvalue weighted by Gasteiger charge is -2.06. The zero-order valence-electron chi connectivity index (χ0n) is 14.4. The number of H-pyrrole nitrogens is 1. The molecule has 2 aromatic carbocycles. The number of halogens is 1. The number of rotatable bonds is 6. The van der Waals surface area contributed by atoms with Crippen LogP contribution in [0.3, 0.4) is 0 Å². The lowest BCUT2D eigenvalue weighted by molar-refractivity contribution is -0.126. The molecule has 0 spiro atoms. The van der Waals surface area contributed by atoms with Crippen LogP contribution in [0, 0.1) is 5.82 Å². The highest BCUT2D eigenvalue weighted by atomic mass is 19.1. The third kappa shape index (κ3) is 4.09. The number of hydrogen-bond donors (Lipinski definition) is 2. The molecule has 0 unspecified atom stereocenters. The number of para-hydroxylation sites is 1. The maximum Gasteiger partial charge on any atom is 0.246 e. The Balaban J connectivity index is 1.27. The molecule has 2 heterocycles. The van der Waals surface area contributed by atoms with Crippen LogP contribution in [0.1, 0.15) is 11.5 Å². The van der Waals surface area contributed by atoms with Crippen LogP contribution in [0.5, 0.6) is 0 Å². The Bertz CT molecular complexity index is 1110. The number of carbonyl (C=O) groups excluding carboxylic acids is 1. The number of aromatic nitrogens is 3. The van der Waals surface area contributed by atoms with Gasteiger partial charge in [0.1, 0.15) is 24.9 Å². The number of amides is 1. The zero-order valence-corrected chi connectivity index (χ0v) is 14.4. The van der Waals surface area contributed by atoms with E-state index in [1.54, 1.807) is 6.07 Å². The summed E-state index contributed by atoms with van der Waals surface area (Å²) >= 11 is 0. The number of benzene rings is 2. The van der Waals surface area contributed by atoms with Crippen molar-refractivity contribution in [1.29, 1.82) is 0 Å². The van der Waals surface area contributed by atoms with Gasteiger partial charge in [-0.2, -0.15) is 0 Å². The summed E-state index contributed by atoms with van der Waals surface area (Å²) in [5.74, 6) is -0.0352. The molecule has 0 aliphatic heterocycles. The fourth-order valence-corrected chi connectivity index (χ4v) is 2.79. The van der Waals surface area contributed by atoms with Gasteiger partial charge in [-0.15, -0.1) is 0 Å². The largest absolute Gasteiger partial charge is 0.364 e. The number of hydrogen-bond acceptors (Lipinski definition) is 4. The predicted molar refractivity (Wildman–Crippen MR) is 99.3 cm³/mol. The van der Waals surface area contributed by atoms with Crippen LogP contribution in [0.4, 0.5) is 4.39 Å². The molecule has 136 valence electrons. The standard InChI is InChI=1S/C20H17FN4O2/c21-14-6-8-17-18(9-14)25-19(24-17)11-27-12-20(26)22-10-15-7-5-13-3-1-2-4-16(13)23-15/h1-9H,10-12H2,(H,22,26)(H,24,25). The molecule has 7 heteroatoms. The minimum absolute atomic E-state index is 0.0982. The van der Waals surface area contributed by atoms with Gasteiger partial charge in [0.15, 0.2) is 0 Å². The summed E-state index contributed by atoms with van der Waals surface area (Å²) in [6.07, 6.45) is 0. The van der Waals surface area contributed by atoms with Gasteiger partial charge in [-0.1, -0.05) is 24.3 Å². The van der Waals surface area contributed by atoms with Crippen LogP contribution >= 0.6 is 0 Å². The van der Waals surface area contributed by atoms with E-state index in [-0.39, 0.29) is 24.9 Å². The molecular weight excluding hydrogens is 347 g/mol. The number of imidazole rings is 1. The molecule has 2 N–H and O–H groups in total. The Hall–Kier alpha value is -3.32. The first-order chi connectivity index (χ1) is 13.2. The van der Waals surface area contributed by atoms with Crippen LogP contribution in [-0.4, -0.2) is 27.5 Å². The van der Waals surface area contributed by atoms with Gasteiger partial charge in [0.2, 0.25) is 5.91 Å². The quantitative estimate of drug-likeness (QED) is 0.551. The van der Waals surface area contributed by atoms with E-state index < -0.39 is 0 Å². The van der Waals surface area contributed by atoms with Gasteiger partial charge >= 0.3 is 0 Å². The zero-order chi connectivity index (χ0) is 18.6. The SMILES string of the molecule is O=C(COCc1nc2ccc(F)cc2[nH]1)NCc1ccc2ccccc2n1. The van der Waals surface area contributed by atoms with Crippen LogP contribution < -0.4 is 5.32 Å². The van der Waals surface area contributed by atoms with E-state index in [2.05, 4.69) is 20.3 Å². The summed E-state index contributed by atoms with van der Waals surface area (Å²) in [5.41, 5.74) is 2.92. The van der Waals surface area contributed by atoms with Gasteiger partial charge < -0.3 is 15.0 Å². The highest BCUT2D eigenvalue weighted by Crippen LogP contribution is 2.13. The molecule has 27 heavy (non-hydrogen) atoms. The van der Waals surface area contributed by atoms with Crippen molar-refractivity contribution in [1.82, 2.24) is 20.3 Å². The molecule has 0 saturated heterocycles. The number of carbonyl (C=O) groups is 1. The molecule has 1 amide bonds. The third-order valence-electron chi connectivity index (χ3n) is 4.09. The molecule has 4 rings (SSSR count). The molecule has 2 aromatic heterocycles. The smallest absolute Gasteiger partial charge is 0.246 e. The lowest BCUT2D eigenvalue weighted by Crippen LogP contribution is -2.27. The molecule has 0 radical (unpaired) electrons. The number of aromatic amines is 1. The van der Waals surface area contributed by atoms with Crippen molar-refractivity contribution >= 4 is 27.8 Å². The molecule has 0 fully saturated rings. The van der Waals surface area contributed by atoms with Crippen molar-refractivity contribution in [3.63, 3.8) is 0 Å². The second-order valence-electron chi connectivity index (χ2n) is 6.11. The average molecular weight is 364 g/mol. The summed E-state index contributed by atoms with van der Waals surface area (Å²) < 4.78 is 18.6. The van der Waals surface area contributed by atoms with Crippen LogP contribution in [0.25, 0.3) is 21.9 Å². The van der Waals surface area contributed by atoms with Gasteiger partial charge in [0, 0.05) is 5.39 Å². The second-order valence-corrected chi connectivity index (χ2v) is 6.11. The van der Waals surface area contributed by atoms with E-state index in [4.69, 9.17) is 4.74 Å². The summed E-state index contributed by atoms with van der Waals surface area (Å²) in [7, 11) is 0. The van der Waals surface area contributed by atoms with Crippen molar-refractivity contribution in [3.05, 3.63) is 71.9 Å². The maximum atomic E-state index is 13.2. The Morgan fingerprint density at radius 2 is 1.96 bits per heavy atom. The van der Waals surface area contributed by atoms with Crippen molar-refractivity contribution < 1.29 is 13.9 Å². The van der Waals surface area contributed by atoms with Crippen molar-refractivity contribution in [3.8, 4) is 0 Å². The van der Waals surface area contributed by atoms with Gasteiger partial charge in [-0.3, -0.25) is 9.78 Å². The first-order valence-electron chi connectivity index (χ1n) is 8.51. The van der Waals surface area contributed by atoms with Gasteiger partial charge in [0.25, 0.3) is 0 Å². The fourth-order valence-electron chi connectivity index (χ4n) is 2.79. The lowest BCUT2D eigenvalue weighted by atomic mass is 10.2.